The molecule has 4 aromatic rings. The van der Waals surface area contributed by atoms with Crippen molar-refractivity contribution in [2.24, 2.45) is 0 Å². The van der Waals surface area contributed by atoms with Crippen LogP contribution >= 0.6 is 0 Å². The van der Waals surface area contributed by atoms with E-state index in [-0.39, 0.29) is 18.8 Å². The third kappa shape index (κ3) is 1.96. The first-order valence-electron chi connectivity index (χ1n) is 8.16. The van der Waals surface area contributed by atoms with Gasteiger partial charge < -0.3 is 0 Å². The van der Waals surface area contributed by atoms with Crippen molar-refractivity contribution in [1.82, 2.24) is 14.2 Å². The van der Waals surface area contributed by atoms with Gasteiger partial charge in [0.25, 0.3) is 10.0 Å². The topological polar surface area (TPSA) is 76.7 Å². The van der Waals surface area contributed by atoms with Crippen molar-refractivity contribution in [3.05, 3.63) is 71.3 Å². The van der Waals surface area contributed by atoms with Crippen molar-refractivity contribution < 1.29 is 8.42 Å². The lowest BCUT2D eigenvalue weighted by Crippen LogP contribution is -2.33. The number of hydrogen-bond acceptors (Lipinski definition) is 4. The molecule has 0 saturated carbocycles. The molecule has 0 N–H and O–H groups in total. The molecule has 0 atom stereocenters. The number of sulfonamides is 1. The van der Waals surface area contributed by atoms with E-state index in [1.54, 1.807) is 42.6 Å². The van der Waals surface area contributed by atoms with Crippen LogP contribution in [0.1, 0.15) is 0 Å². The summed E-state index contributed by atoms with van der Waals surface area (Å²) in [6.45, 7) is 0.310. The van der Waals surface area contributed by atoms with Crippen LogP contribution in [-0.4, -0.2) is 29.1 Å². The Morgan fingerprint density at radius 2 is 1.73 bits per heavy atom. The molecule has 0 fully saturated rings. The van der Waals surface area contributed by atoms with Gasteiger partial charge in [-0.3, -0.25) is 8.71 Å². The molecule has 7 nitrogen and oxygen atoms in total. The van der Waals surface area contributed by atoms with Gasteiger partial charge in [-0.15, -0.1) is 5.10 Å². The fourth-order valence-electron chi connectivity index (χ4n) is 3.50. The first-order valence-corrected chi connectivity index (χ1v) is 9.60. The fraction of sp³-hybridized carbons (Fsp3) is 0.111. The van der Waals surface area contributed by atoms with Crippen molar-refractivity contribution in [1.29, 1.82) is 0 Å². The fourth-order valence-corrected chi connectivity index (χ4v) is 5.20. The van der Waals surface area contributed by atoms with Crippen molar-refractivity contribution >= 4 is 32.1 Å². The molecule has 0 bridgehead atoms. The Kier molecular flexibility index (Phi) is 3.02. The molecule has 8 heteroatoms. The summed E-state index contributed by atoms with van der Waals surface area (Å²) >= 11 is 0. The minimum Gasteiger partial charge on any atom is -0.264 e. The molecule has 0 amide bonds. The summed E-state index contributed by atoms with van der Waals surface area (Å²) in [5.41, 5.74) is 0.898. The normalized spacial score (nSPS) is 15.2. The molecule has 0 saturated heterocycles. The van der Waals surface area contributed by atoms with Gasteiger partial charge in [0.15, 0.2) is 5.65 Å². The number of fused-ring (bicyclic) bond motifs is 1. The van der Waals surface area contributed by atoms with Crippen LogP contribution in [0.2, 0.25) is 0 Å². The first kappa shape index (κ1) is 15.2. The van der Waals surface area contributed by atoms with E-state index in [0.29, 0.717) is 16.2 Å². The zero-order valence-electron chi connectivity index (χ0n) is 13.6. The van der Waals surface area contributed by atoms with Gasteiger partial charge in [0, 0.05) is 11.6 Å². The molecule has 2 aromatic heterocycles. The van der Waals surface area contributed by atoms with Crippen LogP contribution in [0.5, 0.6) is 0 Å². The molecule has 0 spiro atoms. The van der Waals surface area contributed by atoms with E-state index in [4.69, 9.17) is 0 Å². The summed E-state index contributed by atoms with van der Waals surface area (Å²) in [5.74, 6) is 0. The van der Waals surface area contributed by atoms with Crippen molar-refractivity contribution in [2.45, 2.75) is 11.4 Å². The second-order valence-electron chi connectivity index (χ2n) is 6.14. The van der Waals surface area contributed by atoms with Crippen LogP contribution < -0.4 is 9.99 Å². The van der Waals surface area contributed by atoms with Gasteiger partial charge in [-0.1, -0.05) is 30.3 Å². The average molecular weight is 366 g/mol. The maximum absolute atomic E-state index is 13.0. The van der Waals surface area contributed by atoms with Crippen LogP contribution in [-0.2, 0) is 16.6 Å². The van der Waals surface area contributed by atoms with Gasteiger partial charge in [0.05, 0.1) is 23.7 Å². The zero-order chi connectivity index (χ0) is 17.9. The highest BCUT2D eigenvalue weighted by atomic mass is 32.2. The second kappa shape index (κ2) is 5.18. The molecule has 2 aromatic carbocycles. The molecule has 0 radical (unpaired) electrons. The lowest BCUT2D eigenvalue weighted by molar-refractivity contribution is 0.574. The van der Waals surface area contributed by atoms with Crippen LogP contribution in [0.3, 0.4) is 0 Å². The van der Waals surface area contributed by atoms with Gasteiger partial charge in [-0.05, 0) is 29.7 Å². The van der Waals surface area contributed by atoms with Crippen LogP contribution in [0.4, 0.5) is 5.69 Å². The van der Waals surface area contributed by atoms with Crippen LogP contribution in [0.25, 0.3) is 16.4 Å². The summed E-state index contributed by atoms with van der Waals surface area (Å²) in [6.07, 6.45) is 1.64. The predicted octanol–water partition coefficient (Wildman–Crippen LogP) is 1.86. The number of nitrogens with zero attached hydrogens (tertiary/aromatic N) is 4. The molecule has 130 valence electrons. The number of pyridine rings is 1. The Hall–Kier alpha value is -3.13. The maximum Gasteiger partial charge on any atom is 0.350 e. The number of hydrogen-bond donors (Lipinski definition) is 0. The van der Waals surface area contributed by atoms with Gasteiger partial charge >= 0.3 is 5.69 Å². The Morgan fingerprint density at radius 3 is 2.54 bits per heavy atom. The van der Waals surface area contributed by atoms with Crippen molar-refractivity contribution in [2.75, 3.05) is 10.8 Å². The van der Waals surface area contributed by atoms with E-state index in [0.717, 1.165) is 10.8 Å². The molecule has 1 aliphatic heterocycles. The molecule has 0 unspecified atom stereocenters. The summed E-state index contributed by atoms with van der Waals surface area (Å²) in [4.78, 5) is 12.7. The van der Waals surface area contributed by atoms with Gasteiger partial charge in [0.1, 0.15) is 0 Å². The van der Waals surface area contributed by atoms with Crippen LogP contribution in [0, 0.1) is 0 Å². The Bertz CT molecular complexity index is 1330. The van der Waals surface area contributed by atoms with E-state index in [1.165, 1.54) is 13.4 Å². The summed E-state index contributed by atoms with van der Waals surface area (Å²) in [6, 6.07) is 16.1. The summed E-state index contributed by atoms with van der Waals surface area (Å²) in [5, 5.41) is 5.88. The Labute approximate surface area is 148 Å². The van der Waals surface area contributed by atoms with E-state index >= 15 is 0 Å². The molecule has 1 aliphatic rings. The van der Waals surface area contributed by atoms with E-state index in [1.807, 2.05) is 18.2 Å². The molecular formula is C18H14N4O3S. The SMILES string of the molecule is O=c1n(CCN2c3cccc4cccc(c34)S2(=O)=O)nc2ccccn12. The third-order valence-electron chi connectivity index (χ3n) is 4.68. The monoisotopic (exact) mass is 366 g/mol. The standard InChI is InChI=1S/C18H14N4O3S/c23-18-20-10-2-1-9-16(20)19-21(18)11-12-22-14-7-3-5-13-6-4-8-15(17(13)14)26(22,24)25/h1-10H,11-12H2. The number of benzene rings is 2. The lowest BCUT2D eigenvalue weighted by atomic mass is 10.1. The molecule has 3 heterocycles. The number of rotatable bonds is 3. The van der Waals surface area contributed by atoms with E-state index in [9.17, 15) is 13.2 Å². The van der Waals surface area contributed by atoms with E-state index in [2.05, 4.69) is 5.10 Å². The maximum atomic E-state index is 13.0. The molecule has 5 rings (SSSR count). The number of anilines is 1. The molecule has 26 heavy (non-hydrogen) atoms. The van der Waals surface area contributed by atoms with E-state index < -0.39 is 10.0 Å². The number of aromatic nitrogens is 3. The quantitative estimate of drug-likeness (QED) is 0.555. The molecular weight excluding hydrogens is 352 g/mol. The third-order valence-corrected chi connectivity index (χ3v) is 6.54. The lowest BCUT2D eigenvalue weighted by Gasteiger charge is -2.18. The molecule has 0 aliphatic carbocycles. The van der Waals surface area contributed by atoms with Crippen molar-refractivity contribution in [3.63, 3.8) is 0 Å². The zero-order valence-corrected chi connectivity index (χ0v) is 14.4. The van der Waals surface area contributed by atoms with Gasteiger partial charge in [-0.25, -0.2) is 17.9 Å². The average Bonchev–Trinajstić information content (AvgIpc) is 3.08. The second-order valence-corrected chi connectivity index (χ2v) is 7.97. The largest absolute Gasteiger partial charge is 0.350 e. The predicted molar refractivity (Wildman–Crippen MR) is 97.9 cm³/mol. The smallest absolute Gasteiger partial charge is 0.264 e. The minimum atomic E-state index is -3.63. The van der Waals surface area contributed by atoms with Gasteiger partial charge in [0.2, 0.25) is 0 Å². The highest BCUT2D eigenvalue weighted by molar-refractivity contribution is 7.93. The highest BCUT2D eigenvalue weighted by Gasteiger charge is 2.35. The summed E-state index contributed by atoms with van der Waals surface area (Å²) < 4.78 is 30.0. The Balaban J connectivity index is 1.56. The van der Waals surface area contributed by atoms with Crippen LogP contribution in [0.15, 0.2) is 70.5 Å². The first-order chi connectivity index (χ1) is 12.6. The highest BCUT2D eigenvalue weighted by Crippen LogP contribution is 2.41. The minimum absolute atomic E-state index is 0.139. The summed E-state index contributed by atoms with van der Waals surface area (Å²) in [7, 11) is -3.63. The van der Waals surface area contributed by atoms with Crippen molar-refractivity contribution in [3.8, 4) is 0 Å². The van der Waals surface area contributed by atoms with Gasteiger partial charge in [-0.2, -0.15) is 0 Å². The Morgan fingerprint density at radius 1 is 0.923 bits per heavy atom.